The fraction of sp³-hybridized carbons (Fsp3) is 0.0968. The summed E-state index contributed by atoms with van der Waals surface area (Å²) in [6, 6.07) is 29.3. The van der Waals surface area contributed by atoms with Gasteiger partial charge in [-0.05, 0) is 97.5 Å². The number of aryl methyl sites for hydroxylation is 1. The van der Waals surface area contributed by atoms with Crippen molar-refractivity contribution in [1.82, 2.24) is 10.3 Å². The SMILES string of the molecule is Cc1ccccc1Oc1ccc(N2C(=S)N[C@@H](c3ccccn3)[C@H]2c2ccc(-c3ccc(Br)cc3F)o2)cc1. The Hall–Kier alpha value is -4.01. The molecule has 1 saturated heterocycles. The van der Waals surface area contributed by atoms with Gasteiger partial charge in [0.1, 0.15) is 34.9 Å². The van der Waals surface area contributed by atoms with Gasteiger partial charge in [-0.25, -0.2) is 4.39 Å². The summed E-state index contributed by atoms with van der Waals surface area (Å²) in [5.41, 5.74) is 3.12. The molecule has 0 aliphatic carbocycles. The minimum atomic E-state index is -0.368. The highest BCUT2D eigenvalue weighted by Crippen LogP contribution is 2.43. The lowest BCUT2D eigenvalue weighted by molar-refractivity contribution is 0.438. The summed E-state index contributed by atoms with van der Waals surface area (Å²) < 4.78 is 27.8. The van der Waals surface area contributed by atoms with Gasteiger partial charge in [0.15, 0.2) is 5.11 Å². The van der Waals surface area contributed by atoms with Gasteiger partial charge in [0, 0.05) is 16.4 Å². The van der Waals surface area contributed by atoms with Crippen molar-refractivity contribution in [1.29, 1.82) is 0 Å². The Kier molecular flexibility index (Phi) is 6.89. The lowest BCUT2D eigenvalue weighted by Crippen LogP contribution is -2.29. The van der Waals surface area contributed by atoms with Gasteiger partial charge in [-0.3, -0.25) is 4.98 Å². The molecule has 2 aromatic heterocycles. The first-order valence-corrected chi connectivity index (χ1v) is 13.6. The number of hydrogen-bond donors (Lipinski definition) is 1. The van der Waals surface area contributed by atoms with Gasteiger partial charge in [0.25, 0.3) is 0 Å². The lowest BCUT2D eigenvalue weighted by Gasteiger charge is -2.26. The monoisotopic (exact) mass is 599 g/mol. The fourth-order valence-electron chi connectivity index (χ4n) is 4.74. The topological polar surface area (TPSA) is 50.5 Å². The summed E-state index contributed by atoms with van der Waals surface area (Å²) in [6.45, 7) is 2.01. The van der Waals surface area contributed by atoms with Crippen LogP contribution < -0.4 is 15.0 Å². The van der Waals surface area contributed by atoms with E-state index < -0.39 is 0 Å². The van der Waals surface area contributed by atoms with Crippen molar-refractivity contribution < 1.29 is 13.5 Å². The number of pyridine rings is 1. The first-order chi connectivity index (χ1) is 19.0. The molecule has 2 atom stereocenters. The molecular weight excluding hydrogens is 577 g/mol. The first-order valence-electron chi connectivity index (χ1n) is 12.4. The summed E-state index contributed by atoms with van der Waals surface area (Å²) in [4.78, 5) is 6.59. The van der Waals surface area contributed by atoms with E-state index in [4.69, 9.17) is 21.4 Å². The molecule has 0 radical (unpaired) electrons. The van der Waals surface area contributed by atoms with E-state index in [1.165, 1.54) is 6.07 Å². The third-order valence-corrected chi connectivity index (χ3v) is 7.46. The maximum atomic E-state index is 14.7. The van der Waals surface area contributed by atoms with E-state index in [2.05, 4.69) is 26.2 Å². The zero-order valence-electron chi connectivity index (χ0n) is 20.8. The minimum Gasteiger partial charge on any atom is -0.459 e. The molecule has 1 N–H and O–H groups in total. The van der Waals surface area contributed by atoms with Crippen LogP contribution in [0.3, 0.4) is 0 Å². The normalized spacial score (nSPS) is 16.8. The average Bonchev–Trinajstić information content (AvgIpc) is 3.55. The molecule has 0 spiro atoms. The second-order valence-electron chi connectivity index (χ2n) is 9.18. The average molecular weight is 601 g/mol. The molecule has 0 bridgehead atoms. The van der Waals surface area contributed by atoms with E-state index in [-0.39, 0.29) is 17.9 Å². The number of anilines is 1. The minimum absolute atomic E-state index is 0.282. The number of ether oxygens (including phenoxy) is 1. The van der Waals surface area contributed by atoms with Crippen LogP contribution in [0.15, 0.2) is 112 Å². The Labute approximate surface area is 239 Å². The van der Waals surface area contributed by atoms with Crippen LogP contribution in [-0.4, -0.2) is 10.1 Å². The van der Waals surface area contributed by atoms with Crippen LogP contribution in [0.2, 0.25) is 0 Å². The van der Waals surface area contributed by atoms with Gasteiger partial charge in [-0.15, -0.1) is 0 Å². The Balaban J connectivity index is 1.36. The highest BCUT2D eigenvalue weighted by molar-refractivity contribution is 9.10. The number of thiocarbonyl (C=S) groups is 1. The maximum Gasteiger partial charge on any atom is 0.174 e. The largest absolute Gasteiger partial charge is 0.459 e. The van der Waals surface area contributed by atoms with E-state index in [0.29, 0.717) is 26.7 Å². The summed E-state index contributed by atoms with van der Waals surface area (Å²) in [6.07, 6.45) is 1.75. The van der Waals surface area contributed by atoms with Crippen LogP contribution in [0.25, 0.3) is 11.3 Å². The lowest BCUT2D eigenvalue weighted by atomic mass is 10.0. The number of benzene rings is 3. The van der Waals surface area contributed by atoms with E-state index in [1.54, 1.807) is 24.4 Å². The third-order valence-electron chi connectivity index (χ3n) is 6.65. The smallest absolute Gasteiger partial charge is 0.174 e. The second kappa shape index (κ2) is 10.6. The van der Waals surface area contributed by atoms with Gasteiger partial charge >= 0.3 is 0 Å². The molecule has 5 nitrogen and oxygen atoms in total. The molecule has 3 heterocycles. The van der Waals surface area contributed by atoms with Crippen molar-refractivity contribution >= 4 is 38.9 Å². The molecule has 6 rings (SSSR count). The van der Waals surface area contributed by atoms with Gasteiger partial charge < -0.3 is 19.4 Å². The third kappa shape index (κ3) is 5.05. The van der Waals surface area contributed by atoms with E-state index in [9.17, 15) is 4.39 Å². The van der Waals surface area contributed by atoms with Crippen LogP contribution in [0.4, 0.5) is 10.1 Å². The van der Waals surface area contributed by atoms with Crippen LogP contribution in [-0.2, 0) is 0 Å². The molecule has 1 aliphatic rings. The Morgan fingerprint density at radius 1 is 0.974 bits per heavy atom. The number of aromatic nitrogens is 1. The van der Waals surface area contributed by atoms with Gasteiger partial charge in [-0.2, -0.15) is 0 Å². The van der Waals surface area contributed by atoms with Crippen molar-refractivity contribution in [2.75, 3.05) is 4.90 Å². The highest BCUT2D eigenvalue weighted by Gasteiger charge is 2.42. The molecule has 1 aliphatic heterocycles. The second-order valence-corrected chi connectivity index (χ2v) is 10.5. The number of rotatable bonds is 6. The molecule has 39 heavy (non-hydrogen) atoms. The summed E-state index contributed by atoms with van der Waals surface area (Å²) in [5, 5.41) is 3.96. The standard InChI is InChI=1S/C31H23BrFN3O2S/c1-19-6-2-3-8-26(19)37-22-12-10-21(11-13-22)36-30(29(35-31(36)39)25-7-4-5-17-34-25)28-16-15-27(38-28)23-14-9-20(32)18-24(23)33/h2-18,29-30H,1H3,(H,35,39)/t29-,30+/m0/s1. The molecule has 8 heteroatoms. The Morgan fingerprint density at radius 2 is 1.77 bits per heavy atom. The first kappa shape index (κ1) is 25.3. The number of para-hydroxylation sites is 1. The Morgan fingerprint density at radius 3 is 2.51 bits per heavy atom. The summed E-state index contributed by atoms with van der Waals surface area (Å²) >= 11 is 9.13. The van der Waals surface area contributed by atoms with E-state index in [1.807, 2.05) is 84.6 Å². The van der Waals surface area contributed by atoms with Crippen molar-refractivity contribution in [2.24, 2.45) is 0 Å². The molecule has 0 saturated carbocycles. The molecule has 5 aromatic rings. The Bertz CT molecular complexity index is 1640. The van der Waals surface area contributed by atoms with Crippen molar-refractivity contribution in [3.63, 3.8) is 0 Å². The predicted octanol–water partition coefficient (Wildman–Crippen LogP) is 8.52. The molecule has 3 aromatic carbocycles. The van der Waals surface area contributed by atoms with Gasteiger partial charge in [-0.1, -0.05) is 40.2 Å². The van der Waals surface area contributed by atoms with E-state index in [0.717, 1.165) is 28.4 Å². The van der Waals surface area contributed by atoms with Crippen molar-refractivity contribution in [2.45, 2.75) is 19.0 Å². The molecule has 194 valence electrons. The predicted molar refractivity (Wildman–Crippen MR) is 157 cm³/mol. The molecule has 0 unspecified atom stereocenters. The van der Waals surface area contributed by atoms with E-state index >= 15 is 0 Å². The quantitative estimate of drug-likeness (QED) is 0.197. The van der Waals surface area contributed by atoms with Crippen LogP contribution in [0, 0.1) is 12.7 Å². The molecule has 1 fully saturated rings. The molecule has 0 amide bonds. The number of halogens is 2. The summed E-state index contributed by atoms with van der Waals surface area (Å²) in [5.74, 6) is 2.23. The number of nitrogens with one attached hydrogen (secondary N) is 1. The fourth-order valence-corrected chi connectivity index (χ4v) is 5.42. The number of nitrogens with zero attached hydrogens (tertiary/aromatic N) is 2. The highest BCUT2D eigenvalue weighted by atomic mass is 79.9. The van der Waals surface area contributed by atoms with Crippen molar-refractivity contribution in [3.8, 4) is 22.8 Å². The molecular formula is C31H23BrFN3O2S. The maximum absolute atomic E-state index is 14.7. The van der Waals surface area contributed by atoms with Crippen molar-refractivity contribution in [3.05, 3.63) is 131 Å². The number of furan rings is 1. The van der Waals surface area contributed by atoms with Gasteiger partial charge in [0.2, 0.25) is 0 Å². The van der Waals surface area contributed by atoms with Crippen LogP contribution in [0.5, 0.6) is 11.5 Å². The summed E-state index contributed by atoms with van der Waals surface area (Å²) in [7, 11) is 0. The number of hydrogen-bond acceptors (Lipinski definition) is 4. The van der Waals surface area contributed by atoms with Gasteiger partial charge in [0.05, 0.1) is 17.3 Å². The zero-order valence-corrected chi connectivity index (χ0v) is 23.2. The zero-order chi connectivity index (χ0) is 26.9. The van der Waals surface area contributed by atoms with Crippen LogP contribution in [0.1, 0.15) is 29.1 Å². The van der Waals surface area contributed by atoms with Crippen LogP contribution >= 0.6 is 28.1 Å².